The number of aliphatic imine (C=N–C) groups is 1. The van der Waals surface area contributed by atoms with E-state index in [1.54, 1.807) is 27.5 Å². The number of pyridine rings is 1. The van der Waals surface area contributed by atoms with Gasteiger partial charge in [0.2, 0.25) is 5.88 Å². The molecule has 28 heavy (non-hydrogen) atoms. The van der Waals surface area contributed by atoms with Crippen LogP contribution < -0.4 is 20.1 Å². The van der Waals surface area contributed by atoms with E-state index in [0.717, 1.165) is 35.8 Å². The molecule has 0 unspecified atom stereocenters. The Hall–Kier alpha value is -2.80. The molecule has 1 aromatic heterocycles. The van der Waals surface area contributed by atoms with Crippen molar-refractivity contribution >= 4 is 5.96 Å². The zero-order chi connectivity index (χ0) is 20.2. The van der Waals surface area contributed by atoms with Crippen molar-refractivity contribution in [1.82, 2.24) is 15.6 Å². The van der Waals surface area contributed by atoms with Crippen LogP contribution in [0, 0.1) is 6.92 Å². The van der Waals surface area contributed by atoms with Crippen LogP contribution in [0.15, 0.2) is 41.5 Å². The largest absolute Gasteiger partial charge is 0.496 e. The van der Waals surface area contributed by atoms with Gasteiger partial charge in [-0.2, -0.15) is 0 Å². The van der Waals surface area contributed by atoms with Crippen LogP contribution in [-0.4, -0.2) is 52.0 Å². The number of ether oxygens (including phenoxy) is 3. The Kier molecular flexibility index (Phi) is 9.07. The minimum Gasteiger partial charge on any atom is -0.496 e. The van der Waals surface area contributed by atoms with Gasteiger partial charge in [-0.05, 0) is 36.1 Å². The number of hydrogen-bond acceptors (Lipinski definition) is 5. The highest BCUT2D eigenvalue weighted by molar-refractivity contribution is 5.79. The summed E-state index contributed by atoms with van der Waals surface area (Å²) in [7, 11) is 5.10. The second-order valence-electron chi connectivity index (χ2n) is 6.25. The molecule has 0 saturated carbocycles. The molecule has 0 amide bonds. The summed E-state index contributed by atoms with van der Waals surface area (Å²) in [4.78, 5) is 8.55. The SMILES string of the molecule is CN=C(NCCc1ccc(C)c(OC)c1)NCc1ccc(OCCOC)nc1. The first-order chi connectivity index (χ1) is 13.7. The van der Waals surface area contributed by atoms with Crippen molar-refractivity contribution in [3.8, 4) is 11.6 Å². The Morgan fingerprint density at radius 2 is 1.89 bits per heavy atom. The molecule has 0 spiro atoms. The van der Waals surface area contributed by atoms with E-state index >= 15 is 0 Å². The van der Waals surface area contributed by atoms with E-state index in [-0.39, 0.29) is 0 Å². The monoisotopic (exact) mass is 386 g/mol. The van der Waals surface area contributed by atoms with E-state index in [4.69, 9.17) is 14.2 Å². The average Bonchev–Trinajstić information content (AvgIpc) is 2.72. The lowest BCUT2D eigenvalue weighted by Crippen LogP contribution is -2.37. The van der Waals surface area contributed by atoms with E-state index < -0.39 is 0 Å². The van der Waals surface area contributed by atoms with Crippen molar-refractivity contribution in [1.29, 1.82) is 0 Å². The summed E-state index contributed by atoms with van der Waals surface area (Å²) in [6.07, 6.45) is 2.67. The van der Waals surface area contributed by atoms with Gasteiger partial charge in [-0.25, -0.2) is 4.98 Å². The number of nitrogens with zero attached hydrogens (tertiary/aromatic N) is 2. The van der Waals surface area contributed by atoms with Gasteiger partial charge in [0.25, 0.3) is 0 Å². The van der Waals surface area contributed by atoms with Gasteiger partial charge in [0, 0.05) is 39.5 Å². The molecule has 0 radical (unpaired) electrons. The predicted molar refractivity (Wildman–Crippen MR) is 111 cm³/mol. The fourth-order valence-electron chi connectivity index (χ4n) is 2.58. The fourth-order valence-corrected chi connectivity index (χ4v) is 2.58. The minimum absolute atomic E-state index is 0.491. The van der Waals surface area contributed by atoms with Crippen molar-refractivity contribution in [2.45, 2.75) is 19.9 Å². The van der Waals surface area contributed by atoms with Crippen LogP contribution in [0.2, 0.25) is 0 Å². The topological polar surface area (TPSA) is 77.0 Å². The highest BCUT2D eigenvalue weighted by atomic mass is 16.5. The third-order valence-corrected chi connectivity index (χ3v) is 4.20. The summed E-state index contributed by atoms with van der Waals surface area (Å²) >= 11 is 0. The third-order valence-electron chi connectivity index (χ3n) is 4.20. The minimum atomic E-state index is 0.491. The number of methoxy groups -OCH3 is 2. The lowest BCUT2D eigenvalue weighted by atomic mass is 10.1. The number of aryl methyl sites for hydroxylation is 1. The lowest BCUT2D eigenvalue weighted by molar-refractivity contribution is 0.143. The molecular formula is C21H30N4O3. The number of hydrogen-bond donors (Lipinski definition) is 2. The molecule has 0 bridgehead atoms. The molecule has 0 saturated heterocycles. The normalized spacial score (nSPS) is 11.2. The summed E-state index contributed by atoms with van der Waals surface area (Å²) in [5, 5.41) is 6.61. The standard InChI is InChI=1S/C21H30N4O3/c1-16-5-6-17(13-19(16)27-4)9-10-23-21(22-2)25-15-18-7-8-20(24-14-18)28-12-11-26-3/h5-8,13-14H,9-12,15H2,1-4H3,(H2,22,23,25). The summed E-state index contributed by atoms with van der Waals surface area (Å²) < 4.78 is 15.8. The molecule has 2 rings (SSSR count). The molecule has 0 aliphatic rings. The Morgan fingerprint density at radius 1 is 1.07 bits per heavy atom. The highest BCUT2D eigenvalue weighted by Gasteiger charge is 2.03. The van der Waals surface area contributed by atoms with E-state index in [1.807, 2.05) is 19.1 Å². The maximum absolute atomic E-state index is 5.47. The molecule has 1 heterocycles. The summed E-state index contributed by atoms with van der Waals surface area (Å²) in [5.74, 6) is 2.26. The molecule has 2 aromatic rings. The van der Waals surface area contributed by atoms with Gasteiger partial charge < -0.3 is 24.8 Å². The van der Waals surface area contributed by atoms with Gasteiger partial charge in [0.1, 0.15) is 12.4 Å². The van der Waals surface area contributed by atoms with E-state index in [2.05, 4.69) is 38.8 Å². The average molecular weight is 386 g/mol. The smallest absolute Gasteiger partial charge is 0.213 e. The lowest BCUT2D eigenvalue weighted by Gasteiger charge is -2.13. The molecule has 0 fully saturated rings. The van der Waals surface area contributed by atoms with E-state index in [1.165, 1.54) is 5.56 Å². The van der Waals surface area contributed by atoms with Crippen molar-refractivity contribution in [3.05, 3.63) is 53.2 Å². The summed E-state index contributed by atoms with van der Waals surface area (Å²) in [6, 6.07) is 10.1. The second kappa shape index (κ2) is 11.8. The Bertz CT molecular complexity index is 748. The van der Waals surface area contributed by atoms with Crippen LogP contribution in [0.1, 0.15) is 16.7 Å². The van der Waals surface area contributed by atoms with Crippen molar-refractivity contribution in [3.63, 3.8) is 0 Å². The molecule has 2 N–H and O–H groups in total. The maximum Gasteiger partial charge on any atom is 0.213 e. The van der Waals surface area contributed by atoms with Gasteiger partial charge in [0.15, 0.2) is 5.96 Å². The first-order valence-electron chi connectivity index (χ1n) is 9.31. The quantitative estimate of drug-likeness (QED) is 0.371. The molecule has 7 heteroatoms. The van der Waals surface area contributed by atoms with Crippen molar-refractivity contribution in [2.75, 3.05) is 41.0 Å². The maximum atomic E-state index is 5.47. The van der Waals surface area contributed by atoms with Crippen LogP contribution in [-0.2, 0) is 17.7 Å². The van der Waals surface area contributed by atoms with E-state index in [9.17, 15) is 0 Å². The number of nitrogens with one attached hydrogen (secondary N) is 2. The van der Waals surface area contributed by atoms with Crippen LogP contribution in [0.25, 0.3) is 0 Å². The van der Waals surface area contributed by atoms with Gasteiger partial charge in [-0.15, -0.1) is 0 Å². The molecule has 0 atom stereocenters. The Labute approximate surface area is 167 Å². The molecule has 152 valence electrons. The van der Waals surface area contributed by atoms with Gasteiger partial charge in [0.05, 0.1) is 13.7 Å². The third kappa shape index (κ3) is 7.08. The van der Waals surface area contributed by atoms with Crippen LogP contribution in [0.5, 0.6) is 11.6 Å². The number of guanidine groups is 1. The molecule has 0 aliphatic carbocycles. The van der Waals surface area contributed by atoms with Crippen LogP contribution in [0.4, 0.5) is 0 Å². The zero-order valence-electron chi connectivity index (χ0n) is 17.1. The first-order valence-corrected chi connectivity index (χ1v) is 9.31. The van der Waals surface area contributed by atoms with Crippen LogP contribution in [0.3, 0.4) is 0 Å². The van der Waals surface area contributed by atoms with Crippen molar-refractivity contribution in [2.24, 2.45) is 4.99 Å². The molecule has 1 aromatic carbocycles. The fraction of sp³-hybridized carbons (Fsp3) is 0.429. The molecule has 0 aliphatic heterocycles. The second-order valence-corrected chi connectivity index (χ2v) is 6.25. The molecule has 7 nitrogen and oxygen atoms in total. The summed E-state index contributed by atoms with van der Waals surface area (Å²) in [5.41, 5.74) is 3.41. The highest BCUT2D eigenvalue weighted by Crippen LogP contribution is 2.19. The zero-order valence-corrected chi connectivity index (χ0v) is 17.1. The van der Waals surface area contributed by atoms with E-state index in [0.29, 0.717) is 25.6 Å². The van der Waals surface area contributed by atoms with Crippen LogP contribution >= 0.6 is 0 Å². The number of aromatic nitrogens is 1. The van der Waals surface area contributed by atoms with Crippen molar-refractivity contribution < 1.29 is 14.2 Å². The predicted octanol–water partition coefficient (Wildman–Crippen LogP) is 2.33. The Morgan fingerprint density at radius 3 is 2.57 bits per heavy atom. The molecular weight excluding hydrogens is 356 g/mol. The summed E-state index contributed by atoms with van der Waals surface area (Å²) in [6.45, 7) is 4.48. The Balaban J connectivity index is 1.75. The number of rotatable bonds is 10. The van der Waals surface area contributed by atoms with Gasteiger partial charge in [-0.3, -0.25) is 4.99 Å². The number of benzene rings is 1. The van der Waals surface area contributed by atoms with Gasteiger partial charge in [-0.1, -0.05) is 18.2 Å². The first kappa shape index (κ1) is 21.5. The van der Waals surface area contributed by atoms with Gasteiger partial charge >= 0.3 is 0 Å².